The summed E-state index contributed by atoms with van der Waals surface area (Å²) in [4.78, 5) is 12.2. The maximum Gasteiger partial charge on any atom is 0.227 e. The van der Waals surface area contributed by atoms with Crippen molar-refractivity contribution >= 4 is 5.91 Å². The van der Waals surface area contributed by atoms with Gasteiger partial charge in [0.15, 0.2) is 0 Å². The first kappa shape index (κ1) is 14.0. The van der Waals surface area contributed by atoms with Crippen molar-refractivity contribution in [1.29, 1.82) is 5.26 Å². The quantitative estimate of drug-likeness (QED) is 0.776. The molecule has 0 aliphatic heterocycles. The van der Waals surface area contributed by atoms with Crippen molar-refractivity contribution in [3.05, 3.63) is 0 Å². The molecule has 96 valence electrons. The monoisotopic (exact) mass is 237 g/mol. The van der Waals surface area contributed by atoms with Crippen LogP contribution in [0.15, 0.2) is 0 Å². The van der Waals surface area contributed by atoms with Gasteiger partial charge in [-0.1, -0.05) is 6.92 Å². The number of carbonyl (C=O) groups is 1. The van der Waals surface area contributed by atoms with E-state index < -0.39 is 0 Å². The largest absolute Gasteiger partial charge is 0.354 e. The molecule has 0 aromatic rings. The Hall–Kier alpha value is -1.08. The Morgan fingerprint density at radius 3 is 2.65 bits per heavy atom. The summed E-state index contributed by atoms with van der Waals surface area (Å²) in [6.07, 6.45) is 3.88. The van der Waals surface area contributed by atoms with E-state index in [0.717, 1.165) is 25.7 Å². The molecule has 4 nitrogen and oxygen atoms in total. The van der Waals surface area contributed by atoms with Crippen LogP contribution in [0.3, 0.4) is 0 Å². The second-order valence-electron chi connectivity index (χ2n) is 5.41. The zero-order valence-corrected chi connectivity index (χ0v) is 10.8. The average molecular weight is 237 g/mol. The number of nitriles is 1. The summed E-state index contributed by atoms with van der Waals surface area (Å²) in [6.45, 7) is 4.85. The molecule has 0 aromatic carbocycles. The summed E-state index contributed by atoms with van der Waals surface area (Å²) in [5.74, 6) is 0.589. The summed E-state index contributed by atoms with van der Waals surface area (Å²) in [7, 11) is 0. The minimum Gasteiger partial charge on any atom is -0.354 e. The van der Waals surface area contributed by atoms with Gasteiger partial charge in [0.2, 0.25) is 5.91 Å². The Balaban J connectivity index is 2.55. The van der Waals surface area contributed by atoms with Crippen molar-refractivity contribution < 1.29 is 4.79 Å². The Kier molecular flexibility index (Phi) is 4.95. The van der Waals surface area contributed by atoms with Crippen molar-refractivity contribution in [3.63, 3.8) is 0 Å². The van der Waals surface area contributed by atoms with Gasteiger partial charge < -0.3 is 11.1 Å². The summed E-state index contributed by atoms with van der Waals surface area (Å²) in [5.41, 5.74) is 5.41. The van der Waals surface area contributed by atoms with Crippen LogP contribution in [0, 0.1) is 28.6 Å². The third-order valence-corrected chi connectivity index (χ3v) is 3.89. The van der Waals surface area contributed by atoms with Gasteiger partial charge in [-0.05, 0) is 38.5 Å². The van der Waals surface area contributed by atoms with Crippen molar-refractivity contribution in [2.24, 2.45) is 23.0 Å². The minimum atomic E-state index is -0.387. The molecular weight excluding hydrogens is 214 g/mol. The lowest BCUT2D eigenvalue weighted by molar-refractivity contribution is -0.132. The third-order valence-electron chi connectivity index (χ3n) is 3.89. The molecule has 1 rings (SSSR count). The van der Waals surface area contributed by atoms with Crippen molar-refractivity contribution in [3.8, 4) is 6.07 Å². The highest BCUT2D eigenvalue weighted by Gasteiger charge is 2.39. The van der Waals surface area contributed by atoms with E-state index in [2.05, 4.69) is 18.3 Å². The molecule has 0 saturated heterocycles. The molecule has 3 N–H and O–H groups in total. The summed E-state index contributed by atoms with van der Waals surface area (Å²) in [6, 6.07) is 2.11. The molecule has 0 aromatic heterocycles. The van der Waals surface area contributed by atoms with Crippen molar-refractivity contribution in [2.45, 2.75) is 39.5 Å². The summed E-state index contributed by atoms with van der Waals surface area (Å²) >= 11 is 0. The summed E-state index contributed by atoms with van der Waals surface area (Å²) < 4.78 is 0. The molecule has 1 atom stereocenters. The molecule has 0 spiro atoms. The molecule has 1 aliphatic carbocycles. The lowest BCUT2D eigenvalue weighted by Gasteiger charge is -2.37. The fraction of sp³-hybridized carbons (Fsp3) is 0.846. The van der Waals surface area contributed by atoms with E-state index in [0.29, 0.717) is 19.0 Å². The van der Waals surface area contributed by atoms with Gasteiger partial charge in [0.05, 0.1) is 17.4 Å². The third kappa shape index (κ3) is 3.44. The van der Waals surface area contributed by atoms with E-state index in [1.165, 1.54) is 0 Å². The molecule has 0 heterocycles. The van der Waals surface area contributed by atoms with Crippen LogP contribution in [0.4, 0.5) is 0 Å². The van der Waals surface area contributed by atoms with Gasteiger partial charge in [-0.2, -0.15) is 5.26 Å². The number of nitrogens with two attached hydrogens (primary N) is 1. The molecule has 17 heavy (non-hydrogen) atoms. The highest BCUT2D eigenvalue weighted by molar-refractivity contribution is 5.83. The van der Waals surface area contributed by atoms with Gasteiger partial charge >= 0.3 is 0 Å². The van der Waals surface area contributed by atoms with Gasteiger partial charge in [0.1, 0.15) is 0 Å². The van der Waals surface area contributed by atoms with Crippen LogP contribution in [0.2, 0.25) is 0 Å². The lowest BCUT2D eigenvalue weighted by Crippen LogP contribution is -2.48. The first-order valence-corrected chi connectivity index (χ1v) is 6.42. The normalized spacial score (nSPS) is 30.4. The van der Waals surface area contributed by atoms with Crippen LogP contribution in [0.1, 0.15) is 39.5 Å². The van der Waals surface area contributed by atoms with Crippen molar-refractivity contribution in [1.82, 2.24) is 5.32 Å². The van der Waals surface area contributed by atoms with Gasteiger partial charge in [-0.15, -0.1) is 0 Å². The lowest BCUT2D eigenvalue weighted by atomic mass is 9.70. The standard InChI is InChI=1S/C13H23N3O/c1-10-3-5-13(9-15,6-4-10)12(17)16-8-11(2)7-14/h10-11H,3-6,8-9,15H2,1-2H3,(H,16,17). The predicted molar refractivity (Wildman–Crippen MR) is 66.9 cm³/mol. The summed E-state index contributed by atoms with van der Waals surface area (Å²) in [5, 5.41) is 11.6. The number of carbonyl (C=O) groups excluding carboxylic acids is 1. The fourth-order valence-corrected chi connectivity index (χ4v) is 2.32. The number of nitrogens with one attached hydrogen (secondary N) is 1. The number of nitrogens with zero attached hydrogens (tertiary/aromatic N) is 1. The van der Waals surface area contributed by atoms with Gasteiger partial charge in [-0.3, -0.25) is 4.79 Å². The molecule has 1 fully saturated rings. The smallest absolute Gasteiger partial charge is 0.227 e. The first-order valence-electron chi connectivity index (χ1n) is 6.42. The van der Waals surface area contributed by atoms with E-state index in [-0.39, 0.29) is 17.2 Å². The van der Waals surface area contributed by atoms with Crippen LogP contribution in [-0.4, -0.2) is 19.0 Å². The average Bonchev–Trinajstić information content (AvgIpc) is 2.36. The van der Waals surface area contributed by atoms with E-state index in [4.69, 9.17) is 11.0 Å². The second kappa shape index (κ2) is 6.02. The SMILES string of the molecule is CC(C#N)CNC(=O)C1(CN)CCC(C)CC1. The highest BCUT2D eigenvalue weighted by Crippen LogP contribution is 2.38. The first-order chi connectivity index (χ1) is 8.04. The second-order valence-corrected chi connectivity index (χ2v) is 5.41. The predicted octanol–water partition coefficient (Wildman–Crippen LogP) is 1.42. The molecule has 1 aliphatic rings. The van der Waals surface area contributed by atoms with Crippen LogP contribution in [0.5, 0.6) is 0 Å². The zero-order valence-electron chi connectivity index (χ0n) is 10.8. The Bertz CT molecular complexity index is 300. The maximum atomic E-state index is 12.2. The highest BCUT2D eigenvalue weighted by atomic mass is 16.2. The number of hydrogen-bond acceptors (Lipinski definition) is 3. The Labute approximate surface area is 104 Å². The van der Waals surface area contributed by atoms with Gasteiger partial charge in [0.25, 0.3) is 0 Å². The van der Waals surface area contributed by atoms with Crippen LogP contribution in [-0.2, 0) is 4.79 Å². The van der Waals surface area contributed by atoms with E-state index in [9.17, 15) is 4.79 Å². The topological polar surface area (TPSA) is 78.9 Å². The van der Waals surface area contributed by atoms with Crippen LogP contribution < -0.4 is 11.1 Å². The molecular formula is C13H23N3O. The molecule has 1 saturated carbocycles. The molecule has 0 bridgehead atoms. The Morgan fingerprint density at radius 2 is 2.18 bits per heavy atom. The zero-order chi connectivity index (χ0) is 12.9. The van der Waals surface area contributed by atoms with Crippen molar-refractivity contribution in [2.75, 3.05) is 13.1 Å². The number of amides is 1. The molecule has 4 heteroatoms. The van der Waals surface area contributed by atoms with E-state index in [1.54, 1.807) is 6.92 Å². The van der Waals surface area contributed by atoms with Crippen LogP contribution in [0.25, 0.3) is 0 Å². The minimum absolute atomic E-state index is 0.0361. The number of hydrogen-bond donors (Lipinski definition) is 2. The maximum absolute atomic E-state index is 12.2. The number of rotatable bonds is 4. The van der Waals surface area contributed by atoms with E-state index >= 15 is 0 Å². The van der Waals surface area contributed by atoms with Crippen LogP contribution >= 0.6 is 0 Å². The molecule has 1 unspecified atom stereocenters. The molecule has 1 amide bonds. The van der Waals surface area contributed by atoms with E-state index in [1.807, 2.05) is 0 Å². The molecule has 0 radical (unpaired) electrons. The fourth-order valence-electron chi connectivity index (χ4n) is 2.32. The van der Waals surface area contributed by atoms with Gasteiger partial charge in [0, 0.05) is 13.1 Å². The van der Waals surface area contributed by atoms with Gasteiger partial charge in [-0.25, -0.2) is 0 Å². The Morgan fingerprint density at radius 1 is 1.59 bits per heavy atom.